The molecule has 8 heteroatoms. The van der Waals surface area contributed by atoms with Crippen molar-refractivity contribution in [1.82, 2.24) is 15.3 Å². The number of carbonyl (C=O) groups is 1. The predicted molar refractivity (Wildman–Crippen MR) is 79.9 cm³/mol. The number of para-hydroxylation sites is 2. The number of hydrogen-bond acceptors (Lipinski definition) is 4. The molecule has 3 N–H and O–H groups in total. The first kappa shape index (κ1) is 13.9. The number of hydrogen-bond donors (Lipinski definition) is 3. The smallest absolute Gasteiger partial charge is 0.321 e. The third-order valence-corrected chi connectivity index (χ3v) is 5.34. The number of nitrogens with one attached hydrogen (secondary N) is 3. The van der Waals surface area contributed by atoms with E-state index >= 15 is 0 Å². The molecule has 7 nitrogen and oxygen atoms in total. The molecule has 21 heavy (non-hydrogen) atoms. The third kappa shape index (κ3) is 3.33. The van der Waals surface area contributed by atoms with Crippen LogP contribution in [-0.2, 0) is 9.84 Å². The Labute approximate surface area is 122 Å². The lowest BCUT2D eigenvalue weighted by Gasteiger charge is -2.09. The zero-order valence-corrected chi connectivity index (χ0v) is 12.1. The molecule has 0 unspecified atom stereocenters. The topological polar surface area (TPSA) is 104 Å². The van der Waals surface area contributed by atoms with E-state index in [4.69, 9.17) is 0 Å². The summed E-state index contributed by atoms with van der Waals surface area (Å²) in [4.78, 5) is 19.0. The van der Waals surface area contributed by atoms with Crippen LogP contribution in [0.3, 0.4) is 0 Å². The molecule has 3 rings (SSSR count). The van der Waals surface area contributed by atoms with Crippen molar-refractivity contribution < 1.29 is 13.2 Å². The number of benzene rings is 1. The van der Waals surface area contributed by atoms with E-state index in [1.807, 2.05) is 24.3 Å². The standard InChI is InChI=1S/C13H16N4O3S/c18-13(14-7-9-5-6-21(19,20)8-9)17-12-15-10-3-1-2-4-11(10)16-12/h1-4,9H,5-8H2,(H3,14,15,16,17,18)/t9-/m1/s1. The third-order valence-electron chi connectivity index (χ3n) is 3.50. The Bertz CT molecular complexity index is 736. The number of imidazole rings is 1. The van der Waals surface area contributed by atoms with Gasteiger partial charge in [-0.25, -0.2) is 18.2 Å². The molecule has 1 aliphatic heterocycles. The molecular weight excluding hydrogens is 292 g/mol. The normalized spacial score (nSPS) is 20.5. The summed E-state index contributed by atoms with van der Waals surface area (Å²) < 4.78 is 22.7. The number of urea groups is 1. The highest BCUT2D eigenvalue weighted by Crippen LogP contribution is 2.17. The van der Waals surface area contributed by atoms with Crippen molar-refractivity contribution in [2.45, 2.75) is 6.42 Å². The molecule has 1 aliphatic rings. The van der Waals surface area contributed by atoms with Gasteiger partial charge in [-0.2, -0.15) is 0 Å². The van der Waals surface area contributed by atoms with Crippen molar-refractivity contribution >= 4 is 32.9 Å². The minimum Gasteiger partial charge on any atom is -0.337 e. The van der Waals surface area contributed by atoms with Gasteiger partial charge in [0.1, 0.15) is 0 Å². The van der Waals surface area contributed by atoms with Gasteiger partial charge in [0.05, 0.1) is 22.5 Å². The highest BCUT2D eigenvalue weighted by atomic mass is 32.2. The SMILES string of the molecule is O=C(NC[C@H]1CCS(=O)(=O)C1)Nc1nc2ccccc2[nH]1. The molecule has 1 aromatic carbocycles. The van der Waals surface area contributed by atoms with Crippen LogP contribution < -0.4 is 10.6 Å². The van der Waals surface area contributed by atoms with Crippen LogP contribution in [-0.4, -0.2) is 42.5 Å². The molecule has 2 amide bonds. The fourth-order valence-corrected chi connectivity index (χ4v) is 4.30. The highest BCUT2D eigenvalue weighted by Gasteiger charge is 2.27. The van der Waals surface area contributed by atoms with Crippen LogP contribution >= 0.6 is 0 Å². The maximum Gasteiger partial charge on any atom is 0.321 e. The molecule has 0 saturated carbocycles. The first-order chi connectivity index (χ1) is 10.0. The summed E-state index contributed by atoms with van der Waals surface area (Å²) in [7, 11) is -2.91. The average Bonchev–Trinajstić information content (AvgIpc) is 2.98. The van der Waals surface area contributed by atoms with Crippen LogP contribution in [0.1, 0.15) is 6.42 Å². The van der Waals surface area contributed by atoms with Crippen molar-refractivity contribution in [3.63, 3.8) is 0 Å². The molecule has 1 aromatic heterocycles. The average molecular weight is 308 g/mol. The molecule has 1 saturated heterocycles. The van der Waals surface area contributed by atoms with Crippen molar-refractivity contribution in [3.8, 4) is 0 Å². The first-order valence-corrected chi connectivity index (χ1v) is 8.54. The molecule has 0 radical (unpaired) electrons. The quantitative estimate of drug-likeness (QED) is 0.790. The van der Waals surface area contributed by atoms with Gasteiger partial charge in [-0.1, -0.05) is 12.1 Å². The number of sulfone groups is 1. The van der Waals surface area contributed by atoms with Gasteiger partial charge in [0.25, 0.3) is 0 Å². The molecule has 1 fully saturated rings. The zero-order valence-electron chi connectivity index (χ0n) is 11.3. The van der Waals surface area contributed by atoms with E-state index < -0.39 is 15.9 Å². The van der Waals surface area contributed by atoms with E-state index in [9.17, 15) is 13.2 Å². The summed E-state index contributed by atoms with van der Waals surface area (Å²) in [6, 6.07) is 7.07. The van der Waals surface area contributed by atoms with E-state index in [2.05, 4.69) is 20.6 Å². The molecule has 0 spiro atoms. The molecule has 0 aliphatic carbocycles. The van der Waals surface area contributed by atoms with Crippen LogP contribution in [0.5, 0.6) is 0 Å². The van der Waals surface area contributed by atoms with Gasteiger partial charge in [0.2, 0.25) is 5.95 Å². The fourth-order valence-electron chi connectivity index (χ4n) is 2.43. The molecule has 112 valence electrons. The summed E-state index contributed by atoms with van der Waals surface area (Å²) in [6.07, 6.45) is 0.604. The zero-order chi connectivity index (χ0) is 14.9. The number of H-pyrrole nitrogens is 1. The number of aromatic nitrogens is 2. The molecule has 2 heterocycles. The van der Waals surface area contributed by atoms with Gasteiger partial charge in [0, 0.05) is 6.54 Å². The van der Waals surface area contributed by atoms with Gasteiger partial charge in [-0.05, 0) is 24.5 Å². The molecule has 1 atom stereocenters. The Hall–Kier alpha value is -2.09. The largest absolute Gasteiger partial charge is 0.337 e. The lowest BCUT2D eigenvalue weighted by atomic mass is 10.1. The molecule has 0 bridgehead atoms. The van der Waals surface area contributed by atoms with E-state index in [0.29, 0.717) is 18.9 Å². The Morgan fingerprint density at radius 3 is 2.90 bits per heavy atom. The van der Waals surface area contributed by atoms with Gasteiger partial charge in [-0.15, -0.1) is 0 Å². The van der Waals surface area contributed by atoms with E-state index in [-0.39, 0.29) is 17.4 Å². The number of amides is 2. The summed E-state index contributed by atoms with van der Waals surface area (Å²) >= 11 is 0. The van der Waals surface area contributed by atoms with Crippen molar-refractivity contribution in [2.75, 3.05) is 23.4 Å². The molecular formula is C13H16N4O3S. The number of anilines is 1. The molecule has 2 aromatic rings. The van der Waals surface area contributed by atoms with Gasteiger partial charge < -0.3 is 10.3 Å². The van der Waals surface area contributed by atoms with Gasteiger partial charge in [-0.3, -0.25) is 5.32 Å². The second kappa shape index (κ2) is 5.36. The number of aromatic amines is 1. The number of nitrogens with zero attached hydrogens (tertiary/aromatic N) is 1. The van der Waals surface area contributed by atoms with Crippen LogP contribution in [0.25, 0.3) is 11.0 Å². The monoisotopic (exact) mass is 308 g/mol. The lowest BCUT2D eigenvalue weighted by Crippen LogP contribution is -2.33. The summed E-state index contributed by atoms with van der Waals surface area (Å²) in [5.41, 5.74) is 1.62. The van der Waals surface area contributed by atoms with E-state index in [1.54, 1.807) is 0 Å². The Balaban J connectivity index is 1.54. The fraction of sp³-hybridized carbons (Fsp3) is 0.385. The Kier molecular flexibility index (Phi) is 3.54. The number of fused-ring (bicyclic) bond motifs is 1. The van der Waals surface area contributed by atoms with Gasteiger partial charge >= 0.3 is 6.03 Å². The second-order valence-electron chi connectivity index (χ2n) is 5.21. The van der Waals surface area contributed by atoms with Crippen LogP contribution in [0.4, 0.5) is 10.7 Å². The maximum atomic E-state index is 11.8. The summed E-state index contributed by atoms with van der Waals surface area (Å²) in [5, 5.41) is 5.29. The van der Waals surface area contributed by atoms with Crippen LogP contribution in [0, 0.1) is 5.92 Å². The lowest BCUT2D eigenvalue weighted by molar-refractivity contribution is 0.250. The van der Waals surface area contributed by atoms with Crippen molar-refractivity contribution in [1.29, 1.82) is 0 Å². The van der Waals surface area contributed by atoms with E-state index in [0.717, 1.165) is 11.0 Å². The van der Waals surface area contributed by atoms with Gasteiger partial charge in [0.15, 0.2) is 9.84 Å². The first-order valence-electron chi connectivity index (χ1n) is 6.72. The maximum absolute atomic E-state index is 11.8. The Morgan fingerprint density at radius 1 is 1.38 bits per heavy atom. The van der Waals surface area contributed by atoms with Crippen LogP contribution in [0.15, 0.2) is 24.3 Å². The number of rotatable bonds is 3. The number of carbonyl (C=O) groups excluding carboxylic acids is 1. The summed E-state index contributed by atoms with van der Waals surface area (Å²) in [5.74, 6) is 0.729. The minimum atomic E-state index is -2.91. The summed E-state index contributed by atoms with van der Waals surface area (Å²) in [6.45, 7) is 0.352. The predicted octanol–water partition coefficient (Wildman–Crippen LogP) is 1.12. The van der Waals surface area contributed by atoms with E-state index in [1.165, 1.54) is 0 Å². The minimum absolute atomic E-state index is 0.00331. The van der Waals surface area contributed by atoms with Crippen LogP contribution in [0.2, 0.25) is 0 Å². The Morgan fingerprint density at radius 2 is 2.19 bits per heavy atom. The van der Waals surface area contributed by atoms with Crippen molar-refractivity contribution in [2.24, 2.45) is 5.92 Å². The highest BCUT2D eigenvalue weighted by molar-refractivity contribution is 7.91. The second-order valence-corrected chi connectivity index (χ2v) is 7.44. The van der Waals surface area contributed by atoms with Crippen molar-refractivity contribution in [3.05, 3.63) is 24.3 Å².